The normalized spacial score (nSPS) is 10.3. The number of benzene rings is 2. The fraction of sp³-hybridized carbons (Fsp3) is 0.263. The van der Waals surface area contributed by atoms with E-state index in [4.69, 9.17) is 11.6 Å². The second-order valence-corrected chi connectivity index (χ2v) is 6.13. The van der Waals surface area contributed by atoms with Crippen molar-refractivity contribution in [1.29, 1.82) is 0 Å². The molecule has 0 heterocycles. The lowest BCUT2D eigenvalue weighted by molar-refractivity contribution is -0.123. The number of rotatable bonds is 5. The lowest BCUT2D eigenvalue weighted by Gasteiger charge is -2.12. The fourth-order valence-corrected chi connectivity index (χ4v) is 2.92. The van der Waals surface area contributed by atoms with Crippen LogP contribution in [0.5, 0.6) is 0 Å². The number of anilines is 2. The Morgan fingerprint density at radius 1 is 1.04 bits per heavy atom. The van der Waals surface area contributed by atoms with Crippen molar-refractivity contribution in [3.8, 4) is 0 Å². The maximum atomic E-state index is 12.1. The van der Waals surface area contributed by atoms with Gasteiger partial charge in [0.15, 0.2) is 0 Å². The zero-order chi connectivity index (χ0) is 17.7. The highest BCUT2D eigenvalue weighted by Crippen LogP contribution is 2.27. The summed E-state index contributed by atoms with van der Waals surface area (Å²) in [6.45, 7) is 5.81. The molecule has 0 atom stereocenters. The Balaban J connectivity index is 2.01. The summed E-state index contributed by atoms with van der Waals surface area (Å²) in [6, 6.07) is 11.3. The Kier molecular flexibility index (Phi) is 5.99. The van der Waals surface area contributed by atoms with E-state index in [0.717, 1.165) is 28.8 Å². The van der Waals surface area contributed by atoms with Crippen molar-refractivity contribution in [3.63, 3.8) is 0 Å². The van der Waals surface area contributed by atoms with Gasteiger partial charge in [-0.2, -0.15) is 0 Å². The van der Waals surface area contributed by atoms with E-state index < -0.39 is 5.91 Å². The number of hydrogen-bond acceptors (Lipinski definition) is 2. The van der Waals surface area contributed by atoms with E-state index in [1.165, 1.54) is 0 Å². The van der Waals surface area contributed by atoms with E-state index in [0.29, 0.717) is 10.7 Å². The molecule has 0 aliphatic carbocycles. The van der Waals surface area contributed by atoms with Gasteiger partial charge in [0.2, 0.25) is 11.8 Å². The smallest absolute Gasteiger partial charge is 0.233 e. The van der Waals surface area contributed by atoms with Crippen molar-refractivity contribution in [2.45, 2.75) is 33.6 Å². The zero-order valence-corrected chi connectivity index (χ0v) is 14.8. The molecule has 5 heteroatoms. The SMILES string of the molecule is CCc1ccccc1NC(=O)CC(=O)Nc1c(C)cc(C)cc1Cl. The minimum Gasteiger partial charge on any atom is -0.325 e. The van der Waals surface area contributed by atoms with Crippen molar-refractivity contribution in [1.82, 2.24) is 0 Å². The average Bonchev–Trinajstić information content (AvgIpc) is 2.51. The first-order valence-corrected chi connectivity index (χ1v) is 8.23. The molecule has 0 aliphatic heterocycles. The van der Waals surface area contributed by atoms with Crippen molar-refractivity contribution < 1.29 is 9.59 Å². The summed E-state index contributed by atoms with van der Waals surface area (Å²) in [5.74, 6) is -0.746. The number of carbonyl (C=O) groups excluding carboxylic acids is 2. The summed E-state index contributed by atoms with van der Waals surface area (Å²) in [4.78, 5) is 24.2. The zero-order valence-electron chi connectivity index (χ0n) is 14.1. The van der Waals surface area contributed by atoms with Gasteiger partial charge in [-0.3, -0.25) is 9.59 Å². The number of halogens is 1. The fourth-order valence-electron chi connectivity index (χ4n) is 2.55. The van der Waals surface area contributed by atoms with Crippen LogP contribution in [0.3, 0.4) is 0 Å². The van der Waals surface area contributed by atoms with Crippen LogP contribution in [-0.4, -0.2) is 11.8 Å². The Morgan fingerprint density at radius 2 is 1.71 bits per heavy atom. The van der Waals surface area contributed by atoms with E-state index in [2.05, 4.69) is 10.6 Å². The number of hydrogen-bond donors (Lipinski definition) is 2. The van der Waals surface area contributed by atoms with Crippen LogP contribution in [0.1, 0.15) is 30.0 Å². The van der Waals surface area contributed by atoms with Crippen LogP contribution < -0.4 is 10.6 Å². The second-order valence-electron chi connectivity index (χ2n) is 5.72. The Bertz CT molecular complexity index is 749. The van der Waals surface area contributed by atoms with Gasteiger partial charge in [0, 0.05) is 5.69 Å². The monoisotopic (exact) mass is 344 g/mol. The predicted molar refractivity (Wildman–Crippen MR) is 98.6 cm³/mol. The molecule has 0 fully saturated rings. The van der Waals surface area contributed by atoms with Crippen LogP contribution in [0.25, 0.3) is 0 Å². The van der Waals surface area contributed by atoms with Crippen LogP contribution in [0, 0.1) is 13.8 Å². The molecule has 0 aromatic heterocycles. The first-order valence-electron chi connectivity index (χ1n) is 7.85. The highest BCUT2D eigenvalue weighted by molar-refractivity contribution is 6.34. The molecule has 126 valence electrons. The number of aryl methyl sites for hydroxylation is 3. The molecular formula is C19H21ClN2O2. The van der Waals surface area contributed by atoms with Crippen molar-refractivity contribution in [3.05, 3.63) is 58.1 Å². The van der Waals surface area contributed by atoms with Gasteiger partial charge in [-0.25, -0.2) is 0 Å². The highest BCUT2D eigenvalue weighted by Gasteiger charge is 2.14. The Labute approximate surface area is 147 Å². The molecule has 2 aromatic rings. The molecular weight excluding hydrogens is 324 g/mol. The van der Waals surface area contributed by atoms with E-state index in [1.54, 1.807) is 6.07 Å². The van der Waals surface area contributed by atoms with E-state index in [-0.39, 0.29) is 12.3 Å². The molecule has 2 amide bonds. The Hall–Kier alpha value is -2.33. The number of para-hydroxylation sites is 1. The molecule has 0 saturated carbocycles. The van der Waals surface area contributed by atoms with Crippen molar-refractivity contribution >= 4 is 34.8 Å². The minimum atomic E-state index is -0.393. The van der Waals surface area contributed by atoms with Gasteiger partial charge in [0.25, 0.3) is 0 Å². The summed E-state index contributed by atoms with van der Waals surface area (Å²) < 4.78 is 0. The molecule has 2 rings (SSSR count). The summed E-state index contributed by atoms with van der Waals surface area (Å²) in [7, 11) is 0. The summed E-state index contributed by atoms with van der Waals surface area (Å²) in [5.41, 5.74) is 4.20. The second kappa shape index (κ2) is 7.97. The summed E-state index contributed by atoms with van der Waals surface area (Å²) >= 11 is 6.17. The standard InChI is InChI=1S/C19H21ClN2O2/c1-4-14-7-5-6-8-16(14)21-17(23)11-18(24)22-19-13(3)9-12(2)10-15(19)20/h5-10H,4,11H2,1-3H3,(H,21,23)(H,22,24). The van der Waals surface area contributed by atoms with Gasteiger partial charge in [0.05, 0.1) is 10.7 Å². The quantitative estimate of drug-likeness (QED) is 0.785. The van der Waals surface area contributed by atoms with Gasteiger partial charge in [-0.15, -0.1) is 0 Å². The van der Waals surface area contributed by atoms with Crippen molar-refractivity contribution in [2.75, 3.05) is 10.6 Å². The predicted octanol–water partition coefficient (Wildman–Crippen LogP) is 4.49. The maximum Gasteiger partial charge on any atom is 0.233 e. The van der Waals surface area contributed by atoms with E-state index in [9.17, 15) is 9.59 Å². The van der Waals surface area contributed by atoms with Gasteiger partial charge in [-0.05, 0) is 49.1 Å². The number of amides is 2. The molecule has 2 N–H and O–H groups in total. The molecule has 0 bridgehead atoms. The van der Waals surface area contributed by atoms with E-state index in [1.807, 2.05) is 51.1 Å². The largest absolute Gasteiger partial charge is 0.325 e. The van der Waals surface area contributed by atoms with Gasteiger partial charge < -0.3 is 10.6 Å². The summed E-state index contributed by atoms with van der Waals surface area (Å²) in [6.07, 6.45) is 0.544. The number of nitrogens with one attached hydrogen (secondary N) is 2. The first-order chi connectivity index (χ1) is 11.4. The third-order valence-electron chi connectivity index (χ3n) is 3.69. The molecule has 2 aromatic carbocycles. The molecule has 0 radical (unpaired) electrons. The van der Waals surface area contributed by atoms with Gasteiger partial charge in [0.1, 0.15) is 6.42 Å². The van der Waals surface area contributed by atoms with Crippen LogP contribution in [0.2, 0.25) is 5.02 Å². The van der Waals surface area contributed by atoms with Crippen LogP contribution in [-0.2, 0) is 16.0 Å². The molecule has 4 nitrogen and oxygen atoms in total. The first kappa shape index (κ1) is 18.0. The summed E-state index contributed by atoms with van der Waals surface area (Å²) in [5, 5.41) is 5.97. The molecule has 24 heavy (non-hydrogen) atoms. The average molecular weight is 345 g/mol. The molecule has 0 saturated heterocycles. The molecule has 0 spiro atoms. The maximum absolute atomic E-state index is 12.1. The van der Waals surface area contributed by atoms with Crippen LogP contribution in [0.4, 0.5) is 11.4 Å². The van der Waals surface area contributed by atoms with Gasteiger partial charge in [-0.1, -0.05) is 42.8 Å². The van der Waals surface area contributed by atoms with Crippen molar-refractivity contribution in [2.24, 2.45) is 0 Å². The van der Waals surface area contributed by atoms with E-state index >= 15 is 0 Å². The minimum absolute atomic E-state index is 0.262. The number of carbonyl (C=O) groups is 2. The van der Waals surface area contributed by atoms with Crippen LogP contribution >= 0.6 is 11.6 Å². The van der Waals surface area contributed by atoms with Gasteiger partial charge >= 0.3 is 0 Å². The highest BCUT2D eigenvalue weighted by atomic mass is 35.5. The molecule has 0 aliphatic rings. The topological polar surface area (TPSA) is 58.2 Å². The lowest BCUT2D eigenvalue weighted by atomic mass is 10.1. The molecule has 0 unspecified atom stereocenters. The third kappa shape index (κ3) is 4.59. The Morgan fingerprint density at radius 3 is 2.38 bits per heavy atom. The third-order valence-corrected chi connectivity index (χ3v) is 3.99. The van der Waals surface area contributed by atoms with Crippen LogP contribution in [0.15, 0.2) is 36.4 Å². The lowest BCUT2D eigenvalue weighted by Crippen LogP contribution is -2.22.